The van der Waals surface area contributed by atoms with E-state index in [9.17, 15) is 14.4 Å². The molecule has 2 aromatic carbocycles. The molecule has 1 aliphatic heterocycles. The molecule has 1 fully saturated rings. The lowest BCUT2D eigenvalue weighted by Gasteiger charge is -2.31. The Morgan fingerprint density at radius 2 is 1.87 bits per heavy atom. The van der Waals surface area contributed by atoms with Crippen LogP contribution in [-0.4, -0.2) is 70.2 Å². The molecule has 1 aliphatic rings. The molecule has 7 nitrogen and oxygen atoms in total. The maximum Gasteiger partial charge on any atom is 0.410 e. The molecule has 0 unspecified atom stereocenters. The number of amides is 2. The molecule has 0 aromatic heterocycles. The Bertz CT molecular complexity index is 1150. The fourth-order valence-corrected chi connectivity index (χ4v) is 5.92. The van der Waals surface area contributed by atoms with Crippen LogP contribution in [0.15, 0.2) is 55.1 Å². The number of benzene rings is 2. The summed E-state index contributed by atoms with van der Waals surface area (Å²) in [5.74, 6) is 0.276. The minimum Gasteiger partial charge on any atom is -0.452 e. The number of carbonyl (C=O) groups is 3. The normalized spacial score (nSPS) is 17.3. The fourth-order valence-electron chi connectivity index (χ4n) is 4.80. The van der Waals surface area contributed by atoms with Crippen molar-refractivity contribution in [1.82, 2.24) is 9.80 Å². The number of carbonyl (C=O) groups excluding carboxylic acids is 3. The van der Waals surface area contributed by atoms with E-state index < -0.39 is 11.7 Å². The molecule has 0 N–H and O–H groups in total. The average Bonchev–Trinajstić information content (AvgIpc) is 3.25. The zero-order valence-corrected chi connectivity index (χ0v) is 24.7. The third-order valence-electron chi connectivity index (χ3n) is 6.49. The summed E-state index contributed by atoms with van der Waals surface area (Å²) in [5.41, 5.74) is 0.592. The number of ether oxygens (including phenoxy) is 2. The Balaban J connectivity index is 1.78. The summed E-state index contributed by atoms with van der Waals surface area (Å²) in [7, 11) is 0. The van der Waals surface area contributed by atoms with Gasteiger partial charge >= 0.3 is 11.4 Å². The first-order valence-corrected chi connectivity index (χ1v) is 14.5. The third-order valence-corrected chi connectivity index (χ3v) is 7.44. The Morgan fingerprint density at radius 1 is 1.15 bits per heavy atom. The molecular weight excluding hydrogens is 512 g/mol. The van der Waals surface area contributed by atoms with Gasteiger partial charge in [-0.1, -0.05) is 69.0 Å². The number of fused-ring (bicyclic) bond motifs is 1. The van der Waals surface area contributed by atoms with Gasteiger partial charge in [0, 0.05) is 31.3 Å². The first kappa shape index (κ1) is 30.5. The van der Waals surface area contributed by atoms with Gasteiger partial charge in [-0.15, -0.1) is 0 Å². The lowest BCUT2D eigenvalue weighted by Crippen LogP contribution is -2.46. The minimum absolute atomic E-state index is 0.0629. The van der Waals surface area contributed by atoms with Crippen LogP contribution in [-0.2, 0) is 20.7 Å². The molecule has 3 rings (SSSR count). The summed E-state index contributed by atoms with van der Waals surface area (Å²) in [6.45, 7) is 14.5. The molecule has 212 valence electrons. The smallest absolute Gasteiger partial charge is 0.410 e. The van der Waals surface area contributed by atoms with Crippen molar-refractivity contribution in [2.45, 2.75) is 70.8 Å². The van der Waals surface area contributed by atoms with Gasteiger partial charge in [0.15, 0.2) is 0 Å². The largest absolute Gasteiger partial charge is 0.452 e. The summed E-state index contributed by atoms with van der Waals surface area (Å²) in [6.07, 6.45) is 2.76. The van der Waals surface area contributed by atoms with Crippen LogP contribution in [0.1, 0.15) is 53.0 Å². The summed E-state index contributed by atoms with van der Waals surface area (Å²) in [6, 6.07) is 14.2. The van der Waals surface area contributed by atoms with Crippen molar-refractivity contribution >= 4 is 39.8 Å². The second kappa shape index (κ2) is 13.9. The van der Waals surface area contributed by atoms with Gasteiger partial charge in [-0.3, -0.25) is 4.79 Å². The highest BCUT2D eigenvalue weighted by molar-refractivity contribution is 8.13. The topological polar surface area (TPSA) is 76.2 Å². The van der Waals surface area contributed by atoms with Crippen LogP contribution < -0.4 is 0 Å². The van der Waals surface area contributed by atoms with Gasteiger partial charge in [-0.25, -0.2) is 9.59 Å². The number of hydrogen-bond donors (Lipinski definition) is 0. The van der Waals surface area contributed by atoms with E-state index in [4.69, 9.17) is 9.47 Å². The van der Waals surface area contributed by atoms with Crippen LogP contribution in [0.25, 0.3) is 10.8 Å². The molecule has 0 bridgehead atoms. The molecule has 1 saturated heterocycles. The van der Waals surface area contributed by atoms with E-state index in [1.54, 1.807) is 4.90 Å². The van der Waals surface area contributed by atoms with Crippen molar-refractivity contribution in [3.05, 3.63) is 60.7 Å². The van der Waals surface area contributed by atoms with E-state index in [1.165, 1.54) is 22.4 Å². The van der Waals surface area contributed by atoms with Crippen molar-refractivity contribution in [2.24, 2.45) is 5.92 Å². The zero-order chi connectivity index (χ0) is 28.6. The van der Waals surface area contributed by atoms with Gasteiger partial charge < -0.3 is 19.3 Å². The molecule has 0 saturated carbocycles. The van der Waals surface area contributed by atoms with Gasteiger partial charge in [-0.05, 0) is 67.6 Å². The molecule has 39 heavy (non-hydrogen) atoms. The number of hydrogen-bond acceptors (Lipinski definition) is 6. The SMILES string of the molecule is C=CCOC(=O)N1C[C@@H](SC(=O)OC(C)(C)C)C[C@H]1CN(CCc1cccc2ccccc12)C(=O)CC(C)C. The molecule has 2 amide bonds. The van der Waals surface area contributed by atoms with Crippen LogP contribution in [0.5, 0.6) is 0 Å². The maximum atomic E-state index is 13.4. The number of nitrogens with zero attached hydrogens (tertiary/aromatic N) is 2. The van der Waals surface area contributed by atoms with Gasteiger partial charge in [0.25, 0.3) is 0 Å². The van der Waals surface area contributed by atoms with Crippen LogP contribution in [0.3, 0.4) is 0 Å². The average molecular weight is 555 g/mol. The van der Waals surface area contributed by atoms with Crippen molar-refractivity contribution in [1.29, 1.82) is 0 Å². The van der Waals surface area contributed by atoms with Gasteiger partial charge in [0.2, 0.25) is 5.91 Å². The Morgan fingerprint density at radius 3 is 2.56 bits per heavy atom. The Labute approximate surface area is 236 Å². The van der Waals surface area contributed by atoms with E-state index in [0.717, 1.165) is 11.8 Å². The predicted molar refractivity (Wildman–Crippen MR) is 158 cm³/mol. The number of likely N-dealkylation sites (tertiary alicyclic amines) is 1. The van der Waals surface area contributed by atoms with Gasteiger partial charge in [0.1, 0.15) is 12.2 Å². The lowest BCUT2D eigenvalue weighted by atomic mass is 10.0. The first-order valence-electron chi connectivity index (χ1n) is 13.6. The van der Waals surface area contributed by atoms with E-state index >= 15 is 0 Å². The number of rotatable bonds is 10. The van der Waals surface area contributed by atoms with Crippen molar-refractivity contribution < 1.29 is 23.9 Å². The molecule has 0 aliphatic carbocycles. The second-order valence-electron chi connectivity index (χ2n) is 11.4. The van der Waals surface area contributed by atoms with Crippen molar-refractivity contribution in [3.63, 3.8) is 0 Å². The molecular formula is C31H42N2O5S. The summed E-state index contributed by atoms with van der Waals surface area (Å²) >= 11 is 1.11. The van der Waals surface area contributed by atoms with Crippen LogP contribution in [0, 0.1) is 5.92 Å². The third kappa shape index (κ3) is 9.31. The molecule has 2 atom stereocenters. The van der Waals surface area contributed by atoms with Crippen molar-refractivity contribution in [2.75, 3.05) is 26.2 Å². The highest BCUT2D eigenvalue weighted by Crippen LogP contribution is 2.31. The van der Waals surface area contributed by atoms with Crippen molar-refractivity contribution in [3.8, 4) is 0 Å². The second-order valence-corrected chi connectivity index (χ2v) is 12.7. The molecule has 0 spiro atoms. The lowest BCUT2D eigenvalue weighted by molar-refractivity contribution is -0.132. The first-order chi connectivity index (χ1) is 18.5. The monoisotopic (exact) mass is 554 g/mol. The minimum atomic E-state index is -0.591. The van der Waals surface area contributed by atoms with Gasteiger partial charge in [-0.2, -0.15) is 0 Å². The highest BCUT2D eigenvalue weighted by atomic mass is 32.2. The van der Waals surface area contributed by atoms with E-state index in [0.29, 0.717) is 38.9 Å². The van der Waals surface area contributed by atoms with E-state index in [-0.39, 0.29) is 35.0 Å². The van der Waals surface area contributed by atoms with Crippen LogP contribution >= 0.6 is 11.8 Å². The summed E-state index contributed by atoms with van der Waals surface area (Å²) in [4.78, 5) is 42.4. The van der Waals surface area contributed by atoms with Gasteiger partial charge in [0.05, 0.1) is 6.04 Å². The molecule has 0 radical (unpaired) electrons. The maximum absolute atomic E-state index is 13.4. The zero-order valence-electron chi connectivity index (χ0n) is 23.9. The molecule has 1 heterocycles. The summed E-state index contributed by atoms with van der Waals surface area (Å²) in [5, 5.41) is 1.84. The molecule has 8 heteroatoms. The summed E-state index contributed by atoms with van der Waals surface area (Å²) < 4.78 is 10.9. The predicted octanol–water partition coefficient (Wildman–Crippen LogP) is 6.69. The number of thioether (sulfide) groups is 1. The Hall–Kier alpha value is -3.00. The van der Waals surface area contributed by atoms with Crippen LogP contribution in [0.4, 0.5) is 9.59 Å². The van der Waals surface area contributed by atoms with Crippen LogP contribution in [0.2, 0.25) is 0 Å². The Kier molecular flexibility index (Phi) is 10.9. The fraction of sp³-hybridized carbons (Fsp3) is 0.516. The highest BCUT2D eigenvalue weighted by Gasteiger charge is 2.39. The van der Waals surface area contributed by atoms with E-state index in [1.807, 2.05) is 57.7 Å². The molecule has 2 aromatic rings. The quantitative estimate of drug-likeness (QED) is 0.241. The standard InChI is InChI=1S/C31H42N2O5S/c1-7-17-37-29(35)33-21-26(39-30(36)38-31(4,5)6)19-25(33)20-32(28(34)18-22(2)3)16-15-24-13-10-12-23-11-8-9-14-27(23)24/h7-14,22,25-26H,1,15-21H2,2-6H3/t25-,26-/m0/s1. The van der Waals surface area contributed by atoms with E-state index in [2.05, 4.69) is 30.8 Å².